The van der Waals surface area contributed by atoms with E-state index in [9.17, 15) is 17.6 Å². The largest absolute Gasteiger partial charge is 0.495 e. The van der Waals surface area contributed by atoms with Crippen molar-refractivity contribution in [3.63, 3.8) is 0 Å². The zero-order valence-corrected chi connectivity index (χ0v) is 17.7. The monoisotopic (exact) mass is 472 g/mol. The molecule has 0 radical (unpaired) electrons. The molecule has 0 aliphatic carbocycles. The number of hydrogen-bond donors (Lipinski definition) is 2. The molecule has 13 heteroatoms. The molecule has 1 aromatic heterocycles. The standard InChI is InChI=1S/C17H19FN2O5S.C2H2O4/c1-24-16-5-4-13(18)11-17(16)26(22,23)20-8-6-19(7-9-20)12-14(21)15-3-2-10-25-15;3-1(4)2(5)6/h2-5,10-11H,6-9,12H2,1H3;(H,3,4)(H,5,6). The third-order valence-corrected chi connectivity index (χ3v) is 6.34. The van der Waals surface area contributed by atoms with E-state index in [1.54, 1.807) is 12.1 Å². The van der Waals surface area contributed by atoms with Crippen molar-refractivity contribution in [3.05, 3.63) is 48.2 Å². The van der Waals surface area contributed by atoms with Crippen LogP contribution in [0.15, 0.2) is 45.9 Å². The quantitative estimate of drug-likeness (QED) is 0.455. The predicted octanol–water partition coefficient (Wildman–Crippen LogP) is 0.772. The second-order valence-electron chi connectivity index (χ2n) is 6.49. The molecule has 11 nitrogen and oxygen atoms in total. The SMILES string of the molecule is COc1ccc(F)cc1S(=O)(=O)N1CCN(CC(=O)c2ccco2)CC1.O=C(O)C(=O)O. The van der Waals surface area contributed by atoms with Gasteiger partial charge >= 0.3 is 11.9 Å². The highest BCUT2D eigenvalue weighted by molar-refractivity contribution is 7.89. The molecule has 1 aromatic carbocycles. The summed E-state index contributed by atoms with van der Waals surface area (Å²) in [6.07, 6.45) is 1.43. The molecule has 2 aromatic rings. The number of benzene rings is 1. The van der Waals surface area contributed by atoms with Gasteiger partial charge < -0.3 is 19.4 Å². The highest BCUT2D eigenvalue weighted by atomic mass is 32.2. The maximum absolute atomic E-state index is 13.5. The van der Waals surface area contributed by atoms with E-state index in [1.165, 1.54) is 23.7 Å². The van der Waals surface area contributed by atoms with E-state index in [4.69, 9.17) is 29.0 Å². The smallest absolute Gasteiger partial charge is 0.414 e. The minimum Gasteiger partial charge on any atom is -0.495 e. The van der Waals surface area contributed by atoms with Gasteiger partial charge in [0.25, 0.3) is 0 Å². The number of methoxy groups -OCH3 is 1. The normalized spacial score (nSPS) is 14.8. The lowest BCUT2D eigenvalue weighted by atomic mass is 10.2. The lowest BCUT2D eigenvalue weighted by Gasteiger charge is -2.33. The van der Waals surface area contributed by atoms with Gasteiger partial charge in [-0.25, -0.2) is 22.4 Å². The van der Waals surface area contributed by atoms with E-state index in [-0.39, 0.29) is 41.8 Å². The van der Waals surface area contributed by atoms with Crippen molar-refractivity contribution >= 4 is 27.7 Å². The summed E-state index contributed by atoms with van der Waals surface area (Å²) >= 11 is 0. The lowest BCUT2D eigenvalue weighted by Crippen LogP contribution is -2.49. The number of carboxylic acids is 2. The van der Waals surface area contributed by atoms with Crippen molar-refractivity contribution in [2.45, 2.75) is 4.90 Å². The molecule has 2 N–H and O–H groups in total. The van der Waals surface area contributed by atoms with Crippen molar-refractivity contribution in [1.29, 1.82) is 0 Å². The molecule has 0 saturated carbocycles. The molecular formula is C19H21FN2O9S. The summed E-state index contributed by atoms with van der Waals surface area (Å²) in [7, 11) is -2.55. The average Bonchev–Trinajstić information content (AvgIpc) is 3.29. The van der Waals surface area contributed by atoms with Crippen LogP contribution in [-0.2, 0) is 19.6 Å². The molecule has 1 fully saturated rings. The van der Waals surface area contributed by atoms with Crippen LogP contribution in [0.1, 0.15) is 10.6 Å². The number of ether oxygens (including phenoxy) is 1. The predicted molar refractivity (Wildman–Crippen MR) is 106 cm³/mol. The molecule has 174 valence electrons. The Kier molecular flexibility index (Phi) is 8.46. The minimum absolute atomic E-state index is 0.0989. The van der Waals surface area contributed by atoms with Gasteiger partial charge in [0, 0.05) is 26.2 Å². The number of ketones is 1. The van der Waals surface area contributed by atoms with Gasteiger partial charge in [-0.3, -0.25) is 9.69 Å². The van der Waals surface area contributed by atoms with Crippen molar-refractivity contribution in [1.82, 2.24) is 9.21 Å². The molecule has 2 heterocycles. The number of halogens is 1. The number of carbonyl (C=O) groups is 3. The van der Waals surface area contributed by atoms with Crippen LogP contribution in [0.2, 0.25) is 0 Å². The van der Waals surface area contributed by atoms with Crippen LogP contribution in [-0.4, -0.2) is 85.4 Å². The summed E-state index contributed by atoms with van der Waals surface area (Å²) in [5, 5.41) is 14.8. The second kappa shape index (κ2) is 10.8. The Morgan fingerprint density at radius 3 is 2.22 bits per heavy atom. The summed E-state index contributed by atoms with van der Waals surface area (Å²) in [5.41, 5.74) is 0. The van der Waals surface area contributed by atoms with E-state index in [2.05, 4.69) is 0 Å². The Balaban J connectivity index is 0.000000534. The van der Waals surface area contributed by atoms with Crippen LogP contribution in [0, 0.1) is 5.82 Å². The lowest BCUT2D eigenvalue weighted by molar-refractivity contribution is -0.159. The third-order valence-electron chi connectivity index (χ3n) is 4.42. The summed E-state index contributed by atoms with van der Waals surface area (Å²) in [6.45, 7) is 1.35. The van der Waals surface area contributed by atoms with Gasteiger partial charge in [-0.15, -0.1) is 0 Å². The first kappa shape index (κ1) is 25.0. The summed E-state index contributed by atoms with van der Waals surface area (Å²) in [6, 6.07) is 6.64. The fourth-order valence-corrected chi connectivity index (χ4v) is 4.43. The molecule has 1 aliphatic heterocycles. The zero-order chi connectivity index (χ0) is 23.9. The molecule has 1 saturated heterocycles. The van der Waals surface area contributed by atoms with Gasteiger partial charge in [0.1, 0.15) is 16.5 Å². The van der Waals surface area contributed by atoms with Crippen molar-refractivity contribution in [2.24, 2.45) is 0 Å². The minimum atomic E-state index is -3.88. The van der Waals surface area contributed by atoms with Crippen LogP contribution < -0.4 is 4.74 Å². The first-order valence-corrected chi connectivity index (χ1v) is 10.6. The number of carboxylic acid groups (broad SMARTS) is 2. The highest BCUT2D eigenvalue weighted by Gasteiger charge is 2.31. The molecule has 0 amide bonds. The molecule has 32 heavy (non-hydrogen) atoms. The highest BCUT2D eigenvalue weighted by Crippen LogP contribution is 2.28. The van der Waals surface area contributed by atoms with Crippen molar-refractivity contribution in [3.8, 4) is 5.75 Å². The Morgan fingerprint density at radius 1 is 1.09 bits per heavy atom. The van der Waals surface area contributed by atoms with Gasteiger partial charge in [-0.2, -0.15) is 4.31 Å². The first-order chi connectivity index (χ1) is 15.1. The summed E-state index contributed by atoms with van der Waals surface area (Å²) in [4.78, 5) is 31.9. The van der Waals surface area contributed by atoms with Crippen LogP contribution >= 0.6 is 0 Å². The number of carbonyl (C=O) groups excluding carboxylic acids is 1. The van der Waals surface area contributed by atoms with Gasteiger partial charge in [-0.05, 0) is 30.3 Å². The van der Waals surface area contributed by atoms with E-state index in [1.807, 2.05) is 4.90 Å². The number of aliphatic carboxylic acids is 2. The summed E-state index contributed by atoms with van der Waals surface area (Å²) < 4.78 is 50.6. The summed E-state index contributed by atoms with van der Waals surface area (Å²) in [5.74, 6) is -4.07. The van der Waals surface area contributed by atoms with Crippen LogP contribution in [0.25, 0.3) is 0 Å². The number of hydrogen-bond acceptors (Lipinski definition) is 8. The van der Waals surface area contributed by atoms with Crippen molar-refractivity contribution in [2.75, 3.05) is 39.8 Å². The molecule has 1 aliphatic rings. The number of piperazine rings is 1. The van der Waals surface area contributed by atoms with Crippen LogP contribution in [0.4, 0.5) is 4.39 Å². The number of rotatable bonds is 6. The van der Waals surface area contributed by atoms with E-state index in [0.29, 0.717) is 13.1 Å². The van der Waals surface area contributed by atoms with E-state index >= 15 is 0 Å². The van der Waals surface area contributed by atoms with Gasteiger partial charge in [0.15, 0.2) is 5.76 Å². The number of Topliss-reactive ketones (excluding diaryl/α,β-unsaturated/α-hetero) is 1. The average molecular weight is 472 g/mol. The third kappa shape index (κ3) is 6.35. The number of furan rings is 1. The van der Waals surface area contributed by atoms with Gasteiger partial charge in [0.2, 0.25) is 15.8 Å². The van der Waals surface area contributed by atoms with E-state index in [0.717, 1.165) is 12.1 Å². The van der Waals surface area contributed by atoms with Crippen LogP contribution in [0.3, 0.4) is 0 Å². The topological polar surface area (TPSA) is 155 Å². The van der Waals surface area contributed by atoms with Gasteiger partial charge in [0.05, 0.1) is 19.9 Å². The Bertz CT molecular complexity index is 1050. The zero-order valence-electron chi connectivity index (χ0n) is 16.9. The molecule has 0 bridgehead atoms. The maximum Gasteiger partial charge on any atom is 0.414 e. The fourth-order valence-electron chi connectivity index (χ4n) is 2.84. The Hall–Kier alpha value is -3.29. The molecule has 0 unspecified atom stereocenters. The fraction of sp³-hybridized carbons (Fsp3) is 0.316. The maximum atomic E-state index is 13.5. The molecule has 0 atom stereocenters. The van der Waals surface area contributed by atoms with Crippen molar-refractivity contribution < 1.29 is 46.6 Å². The van der Waals surface area contributed by atoms with E-state index < -0.39 is 27.8 Å². The molecule has 3 rings (SSSR count). The van der Waals surface area contributed by atoms with Crippen LogP contribution in [0.5, 0.6) is 5.75 Å². The molecular weight excluding hydrogens is 451 g/mol. The second-order valence-corrected chi connectivity index (χ2v) is 8.39. The Labute approximate surface area is 182 Å². The Morgan fingerprint density at radius 2 is 1.72 bits per heavy atom. The van der Waals surface area contributed by atoms with Gasteiger partial charge in [-0.1, -0.05) is 0 Å². The number of nitrogens with zero attached hydrogens (tertiary/aromatic N) is 2. The first-order valence-electron chi connectivity index (χ1n) is 9.15. The number of sulfonamides is 1. The molecule has 0 spiro atoms.